The summed E-state index contributed by atoms with van der Waals surface area (Å²) in [6, 6.07) is 9.10. The van der Waals surface area contributed by atoms with Crippen LogP contribution in [0.25, 0.3) is 11.1 Å². The largest absolute Gasteiger partial charge is 0.343 e. The molecule has 0 aromatic heterocycles. The molecule has 10 heteroatoms. The molecule has 0 unspecified atom stereocenters. The number of carbonyl (C=O) groups is 1. The van der Waals surface area contributed by atoms with E-state index >= 15 is 0 Å². The minimum absolute atomic E-state index is 0.349. The minimum Gasteiger partial charge on any atom is -0.318 e. The van der Waals surface area contributed by atoms with Crippen LogP contribution in [0.4, 0.5) is 13.6 Å². The fraction of sp³-hybridized carbons (Fsp3) is 0.381. The molecular formula is C21H25F2N3O4S. The van der Waals surface area contributed by atoms with Crippen LogP contribution < -0.4 is 4.72 Å². The number of nitrogens with one attached hydrogen (secondary N) is 1. The Balaban J connectivity index is 1.91. The molecule has 1 aliphatic heterocycles. The van der Waals surface area contributed by atoms with Gasteiger partial charge in [0, 0.05) is 25.7 Å². The molecule has 168 valence electrons. The standard InChI is InChI=1S/C21H25F2N3O4S/c1-25(30-2)21(27)26-8-7-19(24-31(3,28)29)20(26)10-14-5-4-6-15(9-14)16-11-17(22)13-18(23)12-16/h4-6,9,11-13,19-20,24H,7-8,10H2,1-3H3/t19-,20-/m0/s1. The molecule has 0 radical (unpaired) electrons. The van der Waals surface area contributed by atoms with Crippen LogP contribution in [0.5, 0.6) is 0 Å². The van der Waals surface area contributed by atoms with E-state index in [1.54, 1.807) is 23.1 Å². The third-order valence-corrected chi connectivity index (χ3v) is 6.00. The van der Waals surface area contributed by atoms with E-state index in [-0.39, 0.29) is 6.03 Å². The van der Waals surface area contributed by atoms with Crippen molar-refractivity contribution < 1.29 is 26.8 Å². The van der Waals surface area contributed by atoms with Gasteiger partial charge in [-0.1, -0.05) is 24.3 Å². The number of hydroxylamine groups is 2. The summed E-state index contributed by atoms with van der Waals surface area (Å²) in [5.74, 6) is -1.35. The highest BCUT2D eigenvalue weighted by molar-refractivity contribution is 7.88. The fourth-order valence-electron chi connectivity index (χ4n) is 3.85. The van der Waals surface area contributed by atoms with Crippen molar-refractivity contribution in [3.63, 3.8) is 0 Å². The second-order valence-electron chi connectivity index (χ2n) is 7.57. The van der Waals surface area contributed by atoms with E-state index in [9.17, 15) is 22.0 Å². The van der Waals surface area contributed by atoms with Crippen LogP contribution in [0.2, 0.25) is 0 Å². The van der Waals surface area contributed by atoms with Gasteiger partial charge in [0.25, 0.3) is 0 Å². The summed E-state index contributed by atoms with van der Waals surface area (Å²) >= 11 is 0. The molecule has 2 atom stereocenters. The van der Waals surface area contributed by atoms with Crippen LogP contribution in [0.1, 0.15) is 12.0 Å². The van der Waals surface area contributed by atoms with Crippen LogP contribution in [0.3, 0.4) is 0 Å². The second kappa shape index (κ2) is 9.29. The summed E-state index contributed by atoms with van der Waals surface area (Å²) in [5.41, 5.74) is 1.81. The van der Waals surface area contributed by atoms with Gasteiger partial charge in [-0.25, -0.2) is 31.8 Å². The molecule has 2 aromatic rings. The van der Waals surface area contributed by atoms with Crippen molar-refractivity contribution >= 4 is 16.1 Å². The zero-order chi connectivity index (χ0) is 22.8. The number of carbonyl (C=O) groups excluding carboxylic acids is 1. The molecule has 1 N–H and O–H groups in total. The van der Waals surface area contributed by atoms with Gasteiger partial charge in [-0.05, 0) is 41.7 Å². The molecule has 1 aliphatic rings. The average Bonchev–Trinajstić information content (AvgIpc) is 3.06. The van der Waals surface area contributed by atoms with Crippen LogP contribution >= 0.6 is 0 Å². The molecule has 0 spiro atoms. The lowest BCUT2D eigenvalue weighted by Gasteiger charge is -2.31. The Morgan fingerprint density at radius 1 is 1.19 bits per heavy atom. The lowest BCUT2D eigenvalue weighted by atomic mass is 9.97. The molecule has 1 heterocycles. The first-order valence-electron chi connectivity index (χ1n) is 9.68. The second-order valence-corrected chi connectivity index (χ2v) is 9.35. The van der Waals surface area contributed by atoms with Crippen molar-refractivity contribution in [1.82, 2.24) is 14.7 Å². The van der Waals surface area contributed by atoms with Gasteiger partial charge >= 0.3 is 6.03 Å². The number of halogens is 2. The summed E-state index contributed by atoms with van der Waals surface area (Å²) < 4.78 is 53.5. The predicted molar refractivity (Wildman–Crippen MR) is 113 cm³/mol. The summed E-state index contributed by atoms with van der Waals surface area (Å²) in [6.07, 6.45) is 1.88. The molecule has 31 heavy (non-hydrogen) atoms. The van der Waals surface area contributed by atoms with Gasteiger partial charge in [-0.15, -0.1) is 0 Å². The molecule has 2 amide bonds. The topological polar surface area (TPSA) is 79.0 Å². The average molecular weight is 454 g/mol. The van der Waals surface area contributed by atoms with E-state index < -0.39 is 33.7 Å². The Labute approximate surface area is 180 Å². The highest BCUT2D eigenvalue weighted by Crippen LogP contribution is 2.27. The smallest absolute Gasteiger partial charge is 0.318 e. The van der Waals surface area contributed by atoms with E-state index in [0.717, 1.165) is 22.9 Å². The van der Waals surface area contributed by atoms with Gasteiger partial charge in [-0.2, -0.15) is 0 Å². The molecule has 1 fully saturated rings. The quantitative estimate of drug-likeness (QED) is 0.683. The van der Waals surface area contributed by atoms with Crippen LogP contribution in [-0.2, 0) is 21.3 Å². The molecule has 7 nitrogen and oxygen atoms in total. The zero-order valence-electron chi connectivity index (χ0n) is 17.5. The molecule has 0 bridgehead atoms. The monoisotopic (exact) mass is 453 g/mol. The first-order chi connectivity index (χ1) is 14.6. The number of urea groups is 1. The fourth-order valence-corrected chi connectivity index (χ4v) is 4.68. The van der Waals surface area contributed by atoms with E-state index in [1.807, 2.05) is 6.07 Å². The normalized spacial score (nSPS) is 18.9. The number of sulfonamides is 1. The lowest BCUT2D eigenvalue weighted by molar-refractivity contribution is -0.0770. The third kappa shape index (κ3) is 5.78. The van der Waals surface area contributed by atoms with Crippen molar-refractivity contribution in [2.24, 2.45) is 0 Å². The van der Waals surface area contributed by atoms with E-state index in [2.05, 4.69) is 4.72 Å². The maximum atomic E-state index is 13.6. The number of hydrogen-bond donors (Lipinski definition) is 1. The van der Waals surface area contributed by atoms with Crippen LogP contribution in [0.15, 0.2) is 42.5 Å². The summed E-state index contributed by atoms with van der Waals surface area (Å²) in [4.78, 5) is 19.3. The molecule has 0 aliphatic carbocycles. The van der Waals surface area contributed by atoms with Gasteiger partial charge in [0.15, 0.2) is 0 Å². The molecule has 2 aromatic carbocycles. The van der Waals surface area contributed by atoms with Gasteiger partial charge in [0.05, 0.1) is 19.4 Å². The zero-order valence-corrected chi connectivity index (χ0v) is 18.3. The Hall–Kier alpha value is -2.56. The number of benzene rings is 2. The van der Waals surface area contributed by atoms with Crippen molar-refractivity contribution in [3.05, 3.63) is 59.7 Å². The summed E-state index contributed by atoms with van der Waals surface area (Å²) in [7, 11) is -0.631. The first kappa shape index (κ1) is 23.1. The van der Waals surface area contributed by atoms with E-state index in [4.69, 9.17) is 4.84 Å². The lowest BCUT2D eigenvalue weighted by Crippen LogP contribution is -2.50. The molecular weight excluding hydrogens is 428 g/mol. The highest BCUT2D eigenvalue weighted by atomic mass is 32.2. The van der Waals surface area contributed by atoms with Crippen molar-refractivity contribution in [3.8, 4) is 11.1 Å². The summed E-state index contributed by atoms with van der Waals surface area (Å²) in [5, 5.41) is 1.09. The van der Waals surface area contributed by atoms with E-state index in [0.29, 0.717) is 30.5 Å². The molecule has 1 saturated heterocycles. The minimum atomic E-state index is -3.48. The van der Waals surface area contributed by atoms with E-state index in [1.165, 1.54) is 26.3 Å². The number of hydrogen-bond acceptors (Lipinski definition) is 4. The number of nitrogens with zero attached hydrogens (tertiary/aromatic N) is 2. The number of likely N-dealkylation sites (tertiary alicyclic amines) is 1. The van der Waals surface area contributed by atoms with Gasteiger partial charge in [0.1, 0.15) is 11.6 Å². The van der Waals surface area contributed by atoms with Crippen LogP contribution in [0, 0.1) is 11.6 Å². The molecule has 3 rings (SSSR count). The SMILES string of the molecule is CON(C)C(=O)N1CC[C@H](NS(C)(=O)=O)[C@@H]1Cc1cccc(-c2cc(F)cc(F)c2)c1. The van der Waals surface area contributed by atoms with Gasteiger partial charge in [-0.3, -0.25) is 4.84 Å². The maximum Gasteiger partial charge on any atom is 0.343 e. The Morgan fingerprint density at radius 3 is 2.48 bits per heavy atom. The molecule has 0 saturated carbocycles. The predicted octanol–water partition coefficient (Wildman–Crippen LogP) is 2.78. The maximum absolute atomic E-state index is 13.6. The Bertz CT molecular complexity index is 1040. The summed E-state index contributed by atoms with van der Waals surface area (Å²) in [6.45, 7) is 0.360. The van der Waals surface area contributed by atoms with Gasteiger partial charge < -0.3 is 4.90 Å². The third-order valence-electron chi connectivity index (χ3n) is 5.27. The first-order valence-corrected chi connectivity index (χ1v) is 11.6. The van der Waals surface area contributed by atoms with Gasteiger partial charge in [0.2, 0.25) is 10.0 Å². The number of rotatable bonds is 6. The number of amides is 2. The van der Waals surface area contributed by atoms with Crippen molar-refractivity contribution in [2.75, 3.05) is 27.0 Å². The van der Waals surface area contributed by atoms with Crippen LogP contribution in [-0.4, -0.2) is 63.5 Å². The Kier molecular flexibility index (Phi) is 6.93. The highest BCUT2D eigenvalue weighted by Gasteiger charge is 2.39. The Morgan fingerprint density at radius 2 is 1.87 bits per heavy atom. The van der Waals surface area contributed by atoms with Crippen molar-refractivity contribution in [1.29, 1.82) is 0 Å². The van der Waals surface area contributed by atoms with Crippen molar-refractivity contribution in [2.45, 2.75) is 24.9 Å².